The fourth-order valence-corrected chi connectivity index (χ4v) is 2.21. The Balaban J connectivity index is 2.58. The van der Waals surface area contributed by atoms with Crippen LogP contribution >= 0.6 is 0 Å². The van der Waals surface area contributed by atoms with Gasteiger partial charge in [-0.3, -0.25) is 0 Å². The average Bonchev–Trinajstić information content (AvgIpc) is 2.13. The van der Waals surface area contributed by atoms with Gasteiger partial charge in [0.15, 0.2) is 0 Å². The van der Waals surface area contributed by atoms with Gasteiger partial charge in [0.1, 0.15) is 0 Å². The predicted octanol–water partition coefficient (Wildman–Crippen LogP) is 2.86. The first-order valence-corrected chi connectivity index (χ1v) is 6.06. The lowest BCUT2D eigenvalue weighted by molar-refractivity contribution is -0.200. The van der Waals surface area contributed by atoms with Crippen molar-refractivity contribution in [1.82, 2.24) is 5.32 Å². The van der Waals surface area contributed by atoms with Gasteiger partial charge in [-0.15, -0.1) is 0 Å². The molecule has 1 fully saturated rings. The second-order valence-corrected chi connectivity index (χ2v) is 6.16. The van der Waals surface area contributed by atoms with Gasteiger partial charge in [-0.05, 0) is 46.5 Å². The summed E-state index contributed by atoms with van der Waals surface area (Å²) in [6, 6.07) is 0. The van der Waals surface area contributed by atoms with Gasteiger partial charge in [-0.25, -0.2) is 0 Å². The normalized spacial score (nSPS) is 31.6. The summed E-state index contributed by atoms with van der Waals surface area (Å²) in [5.41, 5.74) is -1.41. The lowest BCUT2D eigenvalue weighted by Gasteiger charge is -2.39. The number of halogens is 3. The molecule has 0 bridgehead atoms. The van der Waals surface area contributed by atoms with Crippen LogP contribution in [0.5, 0.6) is 0 Å². The van der Waals surface area contributed by atoms with Crippen LogP contribution in [0.3, 0.4) is 0 Å². The zero-order valence-corrected chi connectivity index (χ0v) is 10.7. The minimum atomic E-state index is -4.18. The molecule has 0 aromatic rings. The van der Waals surface area contributed by atoms with Crippen molar-refractivity contribution in [2.75, 3.05) is 6.54 Å². The Hall–Kier alpha value is -0.290. The van der Waals surface area contributed by atoms with Crippen molar-refractivity contribution in [2.45, 2.75) is 63.8 Å². The first-order valence-electron chi connectivity index (χ1n) is 6.06. The quantitative estimate of drug-likeness (QED) is 0.793. The summed E-state index contributed by atoms with van der Waals surface area (Å²) in [6.45, 7) is 6.02. The Morgan fingerprint density at radius 2 is 1.88 bits per heavy atom. The number of nitrogens with one attached hydrogen (secondary N) is 1. The molecule has 2 unspecified atom stereocenters. The smallest absolute Gasteiger partial charge is 0.389 e. The molecule has 0 saturated heterocycles. The molecule has 0 aliphatic heterocycles. The molecule has 0 heterocycles. The maximum atomic E-state index is 12.6. The van der Waals surface area contributed by atoms with E-state index in [0.29, 0.717) is 12.8 Å². The van der Waals surface area contributed by atoms with E-state index in [1.165, 1.54) is 0 Å². The Kier molecular flexibility index (Phi) is 4.14. The van der Waals surface area contributed by atoms with Crippen LogP contribution in [0.25, 0.3) is 0 Å². The molecule has 1 saturated carbocycles. The van der Waals surface area contributed by atoms with Crippen molar-refractivity contribution in [3.8, 4) is 0 Å². The molecule has 1 rings (SSSR count). The zero-order chi connectivity index (χ0) is 13.3. The van der Waals surface area contributed by atoms with Crippen LogP contribution in [-0.2, 0) is 0 Å². The highest BCUT2D eigenvalue weighted by atomic mass is 19.4. The zero-order valence-electron chi connectivity index (χ0n) is 10.7. The molecule has 0 radical (unpaired) electrons. The van der Waals surface area contributed by atoms with Crippen molar-refractivity contribution in [3.05, 3.63) is 0 Å². The first-order chi connectivity index (χ1) is 7.52. The minimum absolute atomic E-state index is 0.140. The van der Waals surface area contributed by atoms with E-state index in [1.54, 1.807) is 0 Å². The molecule has 0 amide bonds. The van der Waals surface area contributed by atoms with Crippen molar-refractivity contribution >= 4 is 0 Å². The third-order valence-electron chi connectivity index (χ3n) is 3.23. The SMILES string of the molecule is CC(C)(C)NCC1(O)CCCC(C(F)(F)F)C1. The third-order valence-corrected chi connectivity index (χ3v) is 3.23. The van der Waals surface area contributed by atoms with Gasteiger partial charge < -0.3 is 10.4 Å². The van der Waals surface area contributed by atoms with Crippen molar-refractivity contribution in [1.29, 1.82) is 0 Å². The number of hydrogen-bond donors (Lipinski definition) is 2. The molecule has 2 nitrogen and oxygen atoms in total. The number of rotatable bonds is 2. The van der Waals surface area contributed by atoms with Gasteiger partial charge in [0, 0.05) is 12.1 Å². The van der Waals surface area contributed by atoms with Crippen LogP contribution in [0.15, 0.2) is 0 Å². The summed E-state index contributed by atoms with van der Waals surface area (Å²) < 4.78 is 37.9. The van der Waals surface area contributed by atoms with E-state index in [2.05, 4.69) is 5.32 Å². The van der Waals surface area contributed by atoms with Gasteiger partial charge in [-0.1, -0.05) is 0 Å². The Labute approximate surface area is 101 Å². The average molecular weight is 253 g/mol. The Bertz CT molecular complexity index is 259. The molecular weight excluding hydrogens is 231 g/mol. The molecule has 0 spiro atoms. The van der Waals surface area contributed by atoms with E-state index >= 15 is 0 Å². The van der Waals surface area contributed by atoms with E-state index in [9.17, 15) is 18.3 Å². The summed E-state index contributed by atoms with van der Waals surface area (Å²) in [5, 5.41) is 13.3. The molecule has 5 heteroatoms. The fourth-order valence-electron chi connectivity index (χ4n) is 2.21. The molecule has 2 N–H and O–H groups in total. The van der Waals surface area contributed by atoms with Crippen LogP contribution in [0, 0.1) is 5.92 Å². The number of aliphatic hydroxyl groups is 1. The largest absolute Gasteiger partial charge is 0.391 e. The molecule has 1 aliphatic carbocycles. The second kappa shape index (κ2) is 4.76. The van der Waals surface area contributed by atoms with Gasteiger partial charge in [0.2, 0.25) is 0 Å². The number of hydrogen-bond acceptors (Lipinski definition) is 2. The van der Waals surface area contributed by atoms with Gasteiger partial charge in [0.25, 0.3) is 0 Å². The Morgan fingerprint density at radius 1 is 1.29 bits per heavy atom. The highest BCUT2D eigenvalue weighted by molar-refractivity contribution is 4.92. The molecule has 0 aromatic heterocycles. The van der Waals surface area contributed by atoms with Crippen LogP contribution in [0.4, 0.5) is 13.2 Å². The topological polar surface area (TPSA) is 32.3 Å². The Morgan fingerprint density at radius 3 is 2.35 bits per heavy atom. The van der Waals surface area contributed by atoms with Gasteiger partial charge in [-0.2, -0.15) is 13.2 Å². The maximum Gasteiger partial charge on any atom is 0.391 e. The number of β-amino-alcohol motifs (C(OH)–C–C–N with tert-alkyl or cyclic N) is 1. The summed E-state index contributed by atoms with van der Waals surface area (Å²) in [4.78, 5) is 0. The highest BCUT2D eigenvalue weighted by Gasteiger charge is 2.46. The molecule has 0 aromatic carbocycles. The summed E-state index contributed by atoms with van der Waals surface area (Å²) in [7, 11) is 0. The standard InChI is InChI=1S/C12H22F3NO/c1-10(2,3)16-8-11(17)6-4-5-9(7-11)12(13,14)15/h9,16-17H,4-8H2,1-3H3. The monoisotopic (exact) mass is 253 g/mol. The van der Waals surface area contributed by atoms with E-state index in [4.69, 9.17) is 0 Å². The lowest BCUT2D eigenvalue weighted by Crippen LogP contribution is -2.51. The van der Waals surface area contributed by atoms with Crippen molar-refractivity contribution in [3.63, 3.8) is 0 Å². The molecule has 17 heavy (non-hydrogen) atoms. The van der Waals surface area contributed by atoms with Crippen molar-refractivity contribution < 1.29 is 18.3 Å². The van der Waals surface area contributed by atoms with E-state index in [-0.39, 0.29) is 24.9 Å². The fraction of sp³-hybridized carbons (Fsp3) is 1.00. The summed E-state index contributed by atoms with van der Waals surface area (Å²) in [5.74, 6) is -1.36. The molecule has 102 valence electrons. The van der Waals surface area contributed by atoms with Crippen LogP contribution in [0.1, 0.15) is 46.5 Å². The van der Waals surface area contributed by atoms with Crippen LogP contribution < -0.4 is 5.32 Å². The molecule has 2 atom stereocenters. The summed E-state index contributed by atoms with van der Waals surface area (Å²) >= 11 is 0. The minimum Gasteiger partial charge on any atom is -0.389 e. The van der Waals surface area contributed by atoms with E-state index in [0.717, 1.165) is 0 Å². The van der Waals surface area contributed by atoms with Gasteiger partial charge in [0.05, 0.1) is 11.5 Å². The molecule has 1 aliphatic rings. The number of alkyl halides is 3. The van der Waals surface area contributed by atoms with Crippen LogP contribution in [0.2, 0.25) is 0 Å². The maximum absolute atomic E-state index is 12.6. The lowest BCUT2D eigenvalue weighted by atomic mass is 9.77. The predicted molar refractivity (Wildman–Crippen MR) is 60.7 cm³/mol. The molecular formula is C12H22F3NO. The first kappa shape index (κ1) is 14.8. The van der Waals surface area contributed by atoms with E-state index in [1.807, 2.05) is 20.8 Å². The van der Waals surface area contributed by atoms with Crippen LogP contribution in [-0.4, -0.2) is 29.0 Å². The summed E-state index contributed by atoms with van der Waals surface area (Å²) in [6.07, 6.45) is -3.34. The van der Waals surface area contributed by atoms with E-state index < -0.39 is 17.7 Å². The second-order valence-electron chi connectivity index (χ2n) is 6.16. The highest BCUT2D eigenvalue weighted by Crippen LogP contribution is 2.41. The van der Waals surface area contributed by atoms with Crippen molar-refractivity contribution in [2.24, 2.45) is 5.92 Å². The van der Waals surface area contributed by atoms with Gasteiger partial charge >= 0.3 is 6.18 Å². The third kappa shape index (κ3) is 4.84.